The molecule has 1 fully saturated rings. The first-order chi connectivity index (χ1) is 6.34. The number of thioether (sulfide) groups is 1. The topological polar surface area (TPSA) is 17.1 Å². The number of hydrogen-bond acceptors (Lipinski definition) is 2. The van der Waals surface area contributed by atoms with E-state index in [0.29, 0.717) is 11.0 Å². The van der Waals surface area contributed by atoms with Gasteiger partial charge in [0.1, 0.15) is 5.78 Å². The molecule has 0 aromatic rings. The lowest BCUT2D eigenvalue weighted by Crippen LogP contribution is -2.03. The predicted octanol–water partition coefficient (Wildman–Crippen LogP) is 2.95. The molecule has 72 valence electrons. The average Bonchev–Trinajstić information content (AvgIpc) is 2.53. The summed E-state index contributed by atoms with van der Waals surface area (Å²) in [6, 6.07) is 0. The third-order valence-electron chi connectivity index (χ3n) is 2.81. The van der Waals surface area contributed by atoms with Gasteiger partial charge in [-0.25, -0.2) is 0 Å². The minimum absolute atomic E-state index is 0.450. The van der Waals surface area contributed by atoms with E-state index in [4.69, 9.17) is 0 Å². The van der Waals surface area contributed by atoms with Crippen LogP contribution < -0.4 is 0 Å². The smallest absolute Gasteiger partial charge is 0.143 e. The molecule has 1 heterocycles. The molecule has 1 saturated heterocycles. The Kier molecular flexibility index (Phi) is 3.09. The van der Waals surface area contributed by atoms with Gasteiger partial charge >= 0.3 is 0 Å². The van der Waals surface area contributed by atoms with Crippen molar-refractivity contribution in [1.82, 2.24) is 0 Å². The highest BCUT2D eigenvalue weighted by Gasteiger charge is 2.23. The Bertz CT molecular complexity index is 232. The van der Waals surface area contributed by atoms with Crippen molar-refractivity contribution in [3.63, 3.8) is 0 Å². The monoisotopic (exact) mass is 196 g/mol. The number of allylic oxidation sites excluding steroid dienone is 2. The molecule has 13 heavy (non-hydrogen) atoms. The Morgan fingerprint density at radius 3 is 3.00 bits per heavy atom. The molecule has 2 heteroatoms. The molecule has 2 rings (SSSR count). The lowest BCUT2D eigenvalue weighted by Gasteiger charge is -2.15. The van der Waals surface area contributed by atoms with Crippen molar-refractivity contribution in [2.45, 2.75) is 43.8 Å². The zero-order valence-electron chi connectivity index (χ0n) is 7.92. The molecule has 0 radical (unpaired) electrons. The molecular formula is C11H16OS. The van der Waals surface area contributed by atoms with Crippen molar-refractivity contribution >= 4 is 17.5 Å². The number of Topliss-reactive ketones (excluding diaryl/α,β-unsaturated/α-hetero) is 1. The summed E-state index contributed by atoms with van der Waals surface area (Å²) in [4.78, 5) is 11.1. The summed E-state index contributed by atoms with van der Waals surface area (Å²) in [5.74, 6) is 1.21. The summed E-state index contributed by atoms with van der Waals surface area (Å²) >= 11 is 1.85. The van der Waals surface area contributed by atoms with E-state index in [0.717, 1.165) is 12.2 Å². The van der Waals surface area contributed by atoms with Crippen LogP contribution in [0.1, 0.15) is 38.5 Å². The molecule has 0 amide bonds. The van der Waals surface area contributed by atoms with Crippen molar-refractivity contribution in [3.8, 4) is 0 Å². The van der Waals surface area contributed by atoms with Gasteiger partial charge in [0.15, 0.2) is 0 Å². The molecule has 0 bridgehead atoms. The lowest BCUT2D eigenvalue weighted by atomic mass is 9.95. The van der Waals surface area contributed by atoms with Crippen LogP contribution in [-0.4, -0.2) is 16.8 Å². The van der Waals surface area contributed by atoms with Crippen molar-refractivity contribution in [1.29, 1.82) is 0 Å². The van der Waals surface area contributed by atoms with E-state index in [-0.39, 0.29) is 0 Å². The van der Waals surface area contributed by atoms with Crippen LogP contribution in [0.2, 0.25) is 0 Å². The number of carbonyl (C=O) groups is 1. The van der Waals surface area contributed by atoms with Crippen LogP contribution in [0.3, 0.4) is 0 Å². The zero-order chi connectivity index (χ0) is 9.10. The van der Waals surface area contributed by atoms with Gasteiger partial charge in [-0.2, -0.15) is 0 Å². The number of carbonyl (C=O) groups excluding carboxylic acids is 1. The first kappa shape index (κ1) is 9.32. The molecule has 0 spiro atoms. The standard InChI is InChI=1S/C11H16OS/c12-10-7-11(13-8-10)6-9-4-2-1-3-5-9/h4,11H,1-3,5-8H2. The molecular weight excluding hydrogens is 180 g/mol. The third kappa shape index (κ3) is 2.60. The van der Waals surface area contributed by atoms with Gasteiger partial charge in [0.05, 0.1) is 5.75 Å². The highest BCUT2D eigenvalue weighted by atomic mass is 32.2. The van der Waals surface area contributed by atoms with E-state index in [1.54, 1.807) is 5.57 Å². The van der Waals surface area contributed by atoms with Gasteiger partial charge < -0.3 is 0 Å². The van der Waals surface area contributed by atoms with Crippen molar-refractivity contribution in [2.75, 3.05) is 5.75 Å². The molecule has 1 aliphatic carbocycles. The highest BCUT2D eigenvalue weighted by Crippen LogP contribution is 2.32. The lowest BCUT2D eigenvalue weighted by molar-refractivity contribution is -0.116. The number of rotatable bonds is 2. The van der Waals surface area contributed by atoms with E-state index in [9.17, 15) is 4.79 Å². The summed E-state index contributed by atoms with van der Waals surface area (Å²) in [5, 5.41) is 0.608. The first-order valence-corrected chi connectivity index (χ1v) is 6.20. The molecule has 0 saturated carbocycles. The van der Waals surface area contributed by atoms with E-state index in [1.807, 2.05) is 11.8 Å². The summed E-state index contributed by atoms with van der Waals surface area (Å²) in [5.41, 5.74) is 1.61. The summed E-state index contributed by atoms with van der Waals surface area (Å²) in [7, 11) is 0. The minimum Gasteiger partial charge on any atom is -0.299 e. The van der Waals surface area contributed by atoms with Crippen LogP contribution in [0.25, 0.3) is 0 Å². The minimum atomic E-state index is 0.450. The Labute approximate surface area is 84.0 Å². The predicted molar refractivity (Wildman–Crippen MR) is 57.0 cm³/mol. The molecule has 1 nitrogen and oxygen atoms in total. The van der Waals surface area contributed by atoms with E-state index in [2.05, 4.69) is 6.08 Å². The van der Waals surface area contributed by atoms with Crippen LogP contribution >= 0.6 is 11.8 Å². The Hall–Kier alpha value is -0.240. The second-order valence-electron chi connectivity index (χ2n) is 3.99. The van der Waals surface area contributed by atoms with Crippen LogP contribution in [0.5, 0.6) is 0 Å². The van der Waals surface area contributed by atoms with Gasteiger partial charge in [-0.05, 0) is 32.1 Å². The fraction of sp³-hybridized carbons (Fsp3) is 0.727. The second kappa shape index (κ2) is 4.32. The van der Waals surface area contributed by atoms with Crippen LogP contribution in [0.4, 0.5) is 0 Å². The zero-order valence-corrected chi connectivity index (χ0v) is 8.74. The van der Waals surface area contributed by atoms with E-state index >= 15 is 0 Å². The maximum atomic E-state index is 11.1. The van der Waals surface area contributed by atoms with E-state index in [1.165, 1.54) is 32.1 Å². The van der Waals surface area contributed by atoms with Gasteiger partial charge in [0.25, 0.3) is 0 Å². The molecule has 1 unspecified atom stereocenters. The third-order valence-corrected chi connectivity index (χ3v) is 4.10. The Morgan fingerprint density at radius 1 is 1.46 bits per heavy atom. The van der Waals surface area contributed by atoms with Crippen LogP contribution in [0, 0.1) is 0 Å². The molecule has 0 N–H and O–H groups in total. The molecule has 1 atom stereocenters. The maximum absolute atomic E-state index is 11.1. The summed E-state index contributed by atoms with van der Waals surface area (Å²) in [6.45, 7) is 0. The fourth-order valence-corrected chi connectivity index (χ4v) is 3.27. The Morgan fingerprint density at radius 2 is 2.38 bits per heavy atom. The normalized spacial score (nSPS) is 29.1. The molecule has 2 aliphatic rings. The van der Waals surface area contributed by atoms with Crippen molar-refractivity contribution in [3.05, 3.63) is 11.6 Å². The molecule has 0 aromatic heterocycles. The maximum Gasteiger partial charge on any atom is 0.143 e. The SMILES string of the molecule is O=C1CSC(CC2=CCCCC2)C1. The van der Waals surface area contributed by atoms with Gasteiger partial charge in [-0.15, -0.1) is 11.8 Å². The van der Waals surface area contributed by atoms with Crippen molar-refractivity contribution < 1.29 is 4.79 Å². The van der Waals surface area contributed by atoms with Gasteiger partial charge in [-0.3, -0.25) is 4.79 Å². The molecule has 0 aromatic carbocycles. The number of ketones is 1. The van der Waals surface area contributed by atoms with E-state index < -0.39 is 0 Å². The summed E-state index contributed by atoms with van der Waals surface area (Å²) in [6.07, 6.45) is 9.66. The van der Waals surface area contributed by atoms with Crippen LogP contribution in [-0.2, 0) is 4.79 Å². The second-order valence-corrected chi connectivity index (χ2v) is 5.28. The fourth-order valence-electron chi connectivity index (χ4n) is 2.10. The number of hydrogen-bond donors (Lipinski definition) is 0. The quantitative estimate of drug-likeness (QED) is 0.632. The average molecular weight is 196 g/mol. The van der Waals surface area contributed by atoms with Gasteiger partial charge in [-0.1, -0.05) is 11.6 Å². The Balaban J connectivity index is 1.83. The summed E-state index contributed by atoms with van der Waals surface area (Å²) < 4.78 is 0. The molecule has 1 aliphatic heterocycles. The largest absolute Gasteiger partial charge is 0.299 e. The van der Waals surface area contributed by atoms with Crippen molar-refractivity contribution in [2.24, 2.45) is 0 Å². The first-order valence-electron chi connectivity index (χ1n) is 5.16. The van der Waals surface area contributed by atoms with Gasteiger partial charge in [0.2, 0.25) is 0 Å². The highest BCUT2D eigenvalue weighted by molar-refractivity contribution is 8.01. The van der Waals surface area contributed by atoms with Gasteiger partial charge in [0, 0.05) is 11.7 Å². The van der Waals surface area contributed by atoms with Crippen LogP contribution in [0.15, 0.2) is 11.6 Å².